The third-order valence-corrected chi connectivity index (χ3v) is 8.84. The number of pyridine rings is 1. The zero-order chi connectivity index (χ0) is 25.7. The monoisotopic (exact) mass is 521 g/mol. The van der Waals surface area contributed by atoms with Gasteiger partial charge in [-0.15, -0.1) is 10.2 Å². The van der Waals surface area contributed by atoms with Gasteiger partial charge in [0.2, 0.25) is 0 Å². The van der Waals surface area contributed by atoms with Crippen molar-refractivity contribution in [3.05, 3.63) is 76.4 Å². The molecule has 0 saturated carbocycles. The fraction of sp³-hybridized carbons (Fsp3) is 0.269. The van der Waals surface area contributed by atoms with Crippen molar-refractivity contribution in [3.8, 4) is 10.6 Å². The number of fused-ring (bicyclic) bond motifs is 2. The number of nitrogens with zero attached hydrogens (tertiary/aromatic N) is 4. The lowest BCUT2D eigenvalue weighted by Crippen LogP contribution is -2.30. The van der Waals surface area contributed by atoms with Gasteiger partial charge in [-0.25, -0.2) is 13.4 Å². The fourth-order valence-corrected chi connectivity index (χ4v) is 6.22. The van der Waals surface area contributed by atoms with E-state index in [0.717, 1.165) is 16.8 Å². The van der Waals surface area contributed by atoms with E-state index in [0.29, 0.717) is 32.8 Å². The number of hydrogen-bond donors (Lipinski definition) is 2. The molecule has 2 aromatic heterocycles. The van der Waals surface area contributed by atoms with Crippen LogP contribution in [0.3, 0.4) is 0 Å². The van der Waals surface area contributed by atoms with E-state index >= 15 is 0 Å². The molecule has 0 spiro atoms. The highest BCUT2D eigenvalue weighted by Gasteiger charge is 2.31. The van der Waals surface area contributed by atoms with Crippen LogP contribution < -0.4 is 9.62 Å². The summed E-state index contributed by atoms with van der Waals surface area (Å²) < 4.78 is 29.5. The molecule has 10 heteroatoms. The summed E-state index contributed by atoms with van der Waals surface area (Å²) in [5.74, 6) is 0.628. The Kier molecular flexibility index (Phi) is 6.06. The van der Waals surface area contributed by atoms with Crippen molar-refractivity contribution in [3.63, 3.8) is 0 Å². The SMILES string of the molecule is Cc1ccc2c(n1)Nc1ccc(-c3nnc(CO)s3)cc1N(S(=O)(=O)c1ccc(C(C)(C)C)cc1)C2. The van der Waals surface area contributed by atoms with Gasteiger partial charge < -0.3 is 10.4 Å². The molecule has 0 amide bonds. The van der Waals surface area contributed by atoms with E-state index in [1.54, 1.807) is 18.2 Å². The van der Waals surface area contributed by atoms with E-state index < -0.39 is 10.0 Å². The number of benzene rings is 2. The molecule has 2 N–H and O–H groups in total. The number of sulfonamides is 1. The number of aliphatic hydroxyl groups excluding tert-OH is 1. The Balaban J connectivity index is 1.65. The van der Waals surface area contributed by atoms with Crippen LogP contribution in [0.1, 0.15) is 42.6 Å². The molecule has 0 bridgehead atoms. The predicted molar refractivity (Wildman–Crippen MR) is 142 cm³/mol. The summed E-state index contributed by atoms with van der Waals surface area (Å²) in [5.41, 5.74) is 4.40. The van der Waals surface area contributed by atoms with Crippen molar-refractivity contribution < 1.29 is 13.5 Å². The Hall–Kier alpha value is -3.34. The Labute approximate surface area is 214 Å². The number of aromatic nitrogens is 3. The maximum Gasteiger partial charge on any atom is 0.264 e. The molecule has 5 rings (SSSR count). The molecule has 0 unspecified atom stereocenters. The van der Waals surface area contributed by atoms with Gasteiger partial charge in [0.05, 0.1) is 29.4 Å². The Morgan fingerprint density at radius 2 is 1.81 bits per heavy atom. The van der Waals surface area contributed by atoms with Crippen LogP contribution in [0, 0.1) is 6.92 Å². The summed E-state index contributed by atoms with van der Waals surface area (Å²) in [5, 5.41) is 22.0. The molecule has 0 fully saturated rings. The van der Waals surface area contributed by atoms with E-state index in [-0.39, 0.29) is 23.5 Å². The molecule has 3 heterocycles. The third kappa shape index (κ3) is 4.47. The zero-order valence-electron chi connectivity index (χ0n) is 20.5. The van der Waals surface area contributed by atoms with Gasteiger partial charge in [0.15, 0.2) is 0 Å². The van der Waals surface area contributed by atoms with Gasteiger partial charge in [-0.2, -0.15) is 0 Å². The van der Waals surface area contributed by atoms with Crippen molar-refractivity contribution in [2.45, 2.75) is 51.2 Å². The topological polar surface area (TPSA) is 108 Å². The standard InChI is InChI=1S/C26H27N5O3S2/c1-16-5-6-18-14-31(36(33,34)20-10-8-19(9-11-20)26(2,3)4)22-13-17(25-30-29-23(15-32)35-25)7-12-21(22)28-24(18)27-16/h5-13,32H,14-15H2,1-4H3,(H,27,28). The zero-order valence-corrected chi connectivity index (χ0v) is 22.1. The predicted octanol–water partition coefficient (Wildman–Crippen LogP) is 5.15. The van der Waals surface area contributed by atoms with Gasteiger partial charge in [-0.1, -0.05) is 50.3 Å². The average Bonchev–Trinajstić information content (AvgIpc) is 3.26. The van der Waals surface area contributed by atoms with Crippen LogP contribution >= 0.6 is 11.3 Å². The number of anilines is 3. The maximum atomic E-state index is 14.1. The van der Waals surface area contributed by atoms with E-state index in [1.807, 2.05) is 43.3 Å². The number of hydrogen-bond acceptors (Lipinski definition) is 8. The molecule has 8 nitrogen and oxygen atoms in total. The Morgan fingerprint density at radius 3 is 2.47 bits per heavy atom. The molecule has 36 heavy (non-hydrogen) atoms. The summed E-state index contributed by atoms with van der Waals surface area (Å²) in [6.45, 7) is 8.10. The van der Waals surface area contributed by atoms with Crippen LogP contribution in [0.4, 0.5) is 17.2 Å². The van der Waals surface area contributed by atoms with Gasteiger partial charge in [0.1, 0.15) is 15.8 Å². The first-order chi connectivity index (χ1) is 17.1. The van der Waals surface area contributed by atoms with Crippen LogP contribution in [0.25, 0.3) is 10.6 Å². The second-order valence-corrected chi connectivity index (χ2v) is 12.7. The van der Waals surface area contributed by atoms with Gasteiger partial charge >= 0.3 is 0 Å². The molecule has 0 aliphatic carbocycles. The summed E-state index contributed by atoms with van der Waals surface area (Å²) in [6.07, 6.45) is 0. The van der Waals surface area contributed by atoms with E-state index in [4.69, 9.17) is 0 Å². The third-order valence-electron chi connectivity index (χ3n) is 6.11. The smallest absolute Gasteiger partial charge is 0.264 e. The van der Waals surface area contributed by atoms with Crippen molar-refractivity contribution in [2.75, 3.05) is 9.62 Å². The lowest BCUT2D eigenvalue weighted by Gasteiger charge is -2.25. The number of aliphatic hydroxyl groups is 1. The van der Waals surface area contributed by atoms with E-state index in [9.17, 15) is 13.5 Å². The molecule has 0 saturated heterocycles. The quantitative estimate of drug-likeness (QED) is 0.382. The van der Waals surface area contributed by atoms with Crippen molar-refractivity contribution in [2.24, 2.45) is 0 Å². The highest BCUT2D eigenvalue weighted by molar-refractivity contribution is 7.92. The Morgan fingerprint density at radius 1 is 1.06 bits per heavy atom. The number of rotatable bonds is 4. The molecule has 0 atom stereocenters. The van der Waals surface area contributed by atoms with Crippen molar-refractivity contribution in [1.82, 2.24) is 15.2 Å². The number of aryl methyl sites for hydroxylation is 1. The largest absolute Gasteiger partial charge is 0.389 e. The highest BCUT2D eigenvalue weighted by atomic mass is 32.2. The minimum absolute atomic E-state index is 0.0893. The first kappa shape index (κ1) is 24.4. The normalized spacial score (nSPS) is 13.5. The lowest BCUT2D eigenvalue weighted by atomic mass is 9.87. The summed E-state index contributed by atoms with van der Waals surface area (Å²) in [7, 11) is -3.92. The molecule has 4 aromatic rings. The minimum atomic E-state index is -3.92. The van der Waals surface area contributed by atoms with Crippen LogP contribution in [-0.2, 0) is 28.6 Å². The molecule has 1 aliphatic heterocycles. The maximum absolute atomic E-state index is 14.1. The summed E-state index contributed by atoms with van der Waals surface area (Å²) >= 11 is 1.27. The highest BCUT2D eigenvalue weighted by Crippen LogP contribution is 2.41. The first-order valence-electron chi connectivity index (χ1n) is 11.5. The molecular formula is C26H27N5O3S2. The molecule has 2 aromatic carbocycles. The van der Waals surface area contributed by atoms with Gasteiger partial charge in [0, 0.05) is 16.8 Å². The fourth-order valence-electron chi connectivity index (χ4n) is 4.07. The number of nitrogens with one attached hydrogen (secondary N) is 1. The summed E-state index contributed by atoms with van der Waals surface area (Å²) in [4.78, 5) is 4.83. The van der Waals surface area contributed by atoms with Gasteiger partial charge in [0.25, 0.3) is 10.0 Å². The van der Waals surface area contributed by atoms with Crippen LogP contribution in [0.15, 0.2) is 59.5 Å². The first-order valence-corrected chi connectivity index (χ1v) is 13.8. The van der Waals surface area contributed by atoms with E-state index in [1.165, 1.54) is 15.6 Å². The molecule has 0 radical (unpaired) electrons. The second kappa shape index (κ2) is 8.95. The lowest BCUT2D eigenvalue weighted by molar-refractivity contribution is 0.280. The van der Waals surface area contributed by atoms with E-state index in [2.05, 4.69) is 41.3 Å². The van der Waals surface area contributed by atoms with Crippen molar-refractivity contribution in [1.29, 1.82) is 0 Å². The molecule has 186 valence electrons. The second-order valence-electron chi connectivity index (χ2n) is 9.76. The average molecular weight is 522 g/mol. The van der Waals surface area contributed by atoms with Crippen molar-refractivity contribution >= 4 is 38.6 Å². The van der Waals surface area contributed by atoms with Gasteiger partial charge in [-0.3, -0.25) is 4.31 Å². The minimum Gasteiger partial charge on any atom is -0.389 e. The molecule has 1 aliphatic rings. The van der Waals surface area contributed by atoms with Gasteiger partial charge in [-0.05, 0) is 54.3 Å². The van der Waals surface area contributed by atoms with Crippen LogP contribution in [0.5, 0.6) is 0 Å². The Bertz CT molecular complexity index is 1540. The molecular weight excluding hydrogens is 494 g/mol. The van der Waals surface area contributed by atoms with Crippen LogP contribution in [-0.4, -0.2) is 28.7 Å². The van der Waals surface area contributed by atoms with Crippen LogP contribution in [0.2, 0.25) is 0 Å². The summed E-state index contributed by atoms with van der Waals surface area (Å²) in [6, 6.07) is 16.3.